The highest BCUT2D eigenvalue weighted by atomic mass is 35.5. The molecule has 0 fully saturated rings. The highest BCUT2D eigenvalue weighted by Crippen LogP contribution is 2.40. The molecule has 1 N–H and O–H groups in total. The molecule has 0 aliphatic carbocycles. The molecular weight excluding hydrogens is 354 g/mol. The van der Waals surface area contributed by atoms with Gasteiger partial charge >= 0.3 is 0 Å². The van der Waals surface area contributed by atoms with Crippen molar-refractivity contribution in [2.45, 2.75) is 20.3 Å². The van der Waals surface area contributed by atoms with Crippen LogP contribution in [0.2, 0.25) is 5.02 Å². The van der Waals surface area contributed by atoms with Crippen LogP contribution in [0, 0.1) is 12.8 Å². The van der Waals surface area contributed by atoms with E-state index in [0.29, 0.717) is 5.92 Å². The summed E-state index contributed by atoms with van der Waals surface area (Å²) in [4.78, 5) is 7.36. The molecule has 2 aliphatic heterocycles. The number of aliphatic imine (C=N–C) groups is 1. The molecule has 1 unspecified atom stereocenters. The summed E-state index contributed by atoms with van der Waals surface area (Å²) in [5.74, 6) is 0.377. The van der Waals surface area contributed by atoms with Crippen LogP contribution in [-0.4, -0.2) is 37.8 Å². The zero-order chi connectivity index (χ0) is 19.1. The second kappa shape index (κ2) is 7.14. The van der Waals surface area contributed by atoms with Gasteiger partial charge in [-0.15, -0.1) is 0 Å². The maximum atomic E-state index is 6.97. The van der Waals surface area contributed by atoms with E-state index in [-0.39, 0.29) is 0 Å². The number of anilines is 1. The number of rotatable bonds is 4. The summed E-state index contributed by atoms with van der Waals surface area (Å²) in [5.41, 5.74) is 9.52. The van der Waals surface area contributed by atoms with Gasteiger partial charge in [0.2, 0.25) is 0 Å². The summed E-state index contributed by atoms with van der Waals surface area (Å²) >= 11 is 6.97. The average molecular weight is 380 g/mol. The van der Waals surface area contributed by atoms with E-state index in [2.05, 4.69) is 67.5 Å². The maximum Gasteiger partial charge on any atom is 0.0575 e. The number of hydrogen-bond acceptors (Lipinski definition) is 3. The van der Waals surface area contributed by atoms with Crippen molar-refractivity contribution in [2.24, 2.45) is 10.9 Å². The van der Waals surface area contributed by atoms with Crippen LogP contribution in [0.25, 0.3) is 11.1 Å². The lowest BCUT2D eigenvalue weighted by Gasteiger charge is -2.20. The van der Waals surface area contributed by atoms with E-state index in [4.69, 9.17) is 16.6 Å². The molecule has 0 amide bonds. The van der Waals surface area contributed by atoms with Gasteiger partial charge in [0.1, 0.15) is 0 Å². The summed E-state index contributed by atoms with van der Waals surface area (Å²) in [7, 11) is 4.11. The minimum Gasteiger partial charge on any atom is -0.388 e. The lowest BCUT2D eigenvalue weighted by molar-refractivity contribution is 0.415. The second-order valence-corrected chi connectivity index (χ2v) is 7.88. The summed E-state index contributed by atoms with van der Waals surface area (Å²) < 4.78 is 0. The number of nitrogens with zero attached hydrogens (tertiary/aromatic N) is 2. The number of halogens is 1. The van der Waals surface area contributed by atoms with Gasteiger partial charge in [0.05, 0.1) is 16.4 Å². The Hall–Kier alpha value is -2.10. The van der Waals surface area contributed by atoms with E-state index in [9.17, 15) is 0 Å². The first-order chi connectivity index (χ1) is 13.0. The van der Waals surface area contributed by atoms with Gasteiger partial charge in [0.15, 0.2) is 0 Å². The van der Waals surface area contributed by atoms with Crippen molar-refractivity contribution in [1.82, 2.24) is 4.90 Å². The molecule has 0 saturated carbocycles. The summed E-state index contributed by atoms with van der Waals surface area (Å²) in [5, 5.41) is 4.07. The van der Waals surface area contributed by atoms with Crippen LogP contribution in [0.5, 0.6) is 0 Å². The number of likely N-dealkylation sites (N-methyl/N-ethyl adjacent to an activating group) is 1. The summed E-state index contributed by atoms with van der Waals surface area (Å²) in [6.45, 7) is 6.34. The fraction of sp³-hybridized carbons (Fsp3) is 0.348. The summed E-state index contributed by atoms with van der Waals surface area (Å²) in [6.07, 6.45) is 1.06. The van der Waals surface area contributed by atoms with Crippen LogP contribution < -0.4 is 5.32 Å². The number of hydrogen-bond donors (Lipinski definition) is 1. The van der Waals surface area contributed by atoms with Crippen LogP contribution in [0.1, 0.15) is 24.5 Å². The monoisotopic (exact) mass is 379 g/mol. The molecule has 140 valence electrons. The van der Waals surface area contributed by atoms with Gasteiger partial charge < -0.3 is 5.32 Å². The minimum absolute atomic E-state index is 0.377. The predicted molar refractivity (Wildman–Crippen MR) is 116 cm³/mol. The van der Waals surface area contributed by atoms with Crippen molar-refractivity contribution in [3.05, 3.63) is 63.8 Å². The second-order valence-electron chi connectivity index (χ2n) is 7.50. The highest BCUT2D eigenvalue weighted by molar-refractivity contribution is 6.37. The molecule has 2 aromatic carbocycles. The average Bonchev–Trinajstić information content (AvgIpc) is 3.18. The molecule has 2 aromatic rings. The molecule has 2 aliphatic rings. The van der Waals surface area contributed by atoms with Crippen molar-refractivity contribution in [2.75, 3.05) is 32.5 Å². The van der Waals surface area contributed by atoms with Crippen molar-refractivity contribution in [3.8, 4) is 11.1 Å². The molecule has 2 heterocycles. The Morgan fingerprint density at radius 3 is 2.56 bits per heavy atom. The first-order valence-corrected chi connectivity index (χ1v) is 9.98. The van der Waals surface area contributed by atoms with Gasteiger partial charge in [-0.25, -0.2) is 0 Å². The first kappa shape index (κ1) is 18.3. The molecule has 4 heteroatoms. The Balaban J connectivity index is 1.79. The number of benzene rings is 2. The first-order valence-electron chi connectivity index (χ1n) is 9.60. The fourth-order valence-electron chi connectivity index (χ4n) is 4.43. The van der Waals surface area contributed by atoms with Crippen LogP contribution in [0.15, 0.2) is 52.7 Å². The van der Waals surface area contributed by atoms with Crippen molar-refractivity contribution < 1.29 is 0 Å². The molecule has 0 saturated heterocycles. The third-order valence-corrected chi connectivity index (χ3v) is 6.22. The van der Waals surface area contributed by atoms with Crippen molar-refractivity contribution in [3.63, 3.8) is 0 Å². The lowest BCUT2D eigenvalue weighted by atomic mass is 9.88. The summed E-state index contributed by atoms with van der Waals surface area (Å²) in [6, 6.07) is 12.6. The standard InChI is InChI=1S/C23H26ClN3/c1-5-15-19-12-27(4)13-21(19)26-23(15)18-10-6-9-17(22(18)24)16-8-7-11-20(25-3)14(16)2/h6-11,15,25H,5,12-13H2,1-4H3. The van der Waals surface area contributed by atoms with Gasteiger partial charge in [-0.3, -0.25) is 9.89 Å². The Labute approximate surface area is 166 Å². The van der Waals surface area contributed by atoms with E-state index in [1.165, 1.54) is 22.4 Å². The van der Waals surface area contributed by atoms with E-state index in [1.807, 2.05) is 7.05 Å². The van der Waals surface area contributed by atoms with E-state index in [0.717, 1.165) is 47.1 Å². The minimum atomic E-state index is 0.377. The molecular formula is C23H26ClN3. The molecule has 0 radical (unpaired) electrons. The Morgan fingerprint density at radius 1 is 1.11 bits per heavy atom. The predicted octanol–water partition coefficient (Wildman–Crippen LogP) is 5.39. The lowest BCUT2D eigenvalue weighted by Crippen LogP contribution is -2.22. The van der Waals surface area contributed by atoms with Gasteiger partial charge in [-0.1, -0.05) is 48.9 Å². The largest absolute Gasteiger partial charge is 0.388 e. The highest BCUT2D eigenvalue weighted by Gasteiger charge is 2.34. The van der Waals surface area contributed by atoms with E-state index < -0.39 is 0 Å². The molecule has 27 heavy (non-hydrogen) atoms. The SMILES string of the molecule is CCC1C(c2cccc(-c3cccc(NC)c3C)c2Cl)=NC2=C1CN(C)C2. The molecule has 0 aromatic heterocycles. The van der Waals surface area contributed by atoms with Gasteiger partial charge in [-0.2, -0.15) is 0 Å². The molecule has 0 spiro atoms. The van der Waals surface area contributed by atoms with Crippen LogP contribution in [0.4, 0.5) is 5.69 Å². The third kappa shape index (κ3) is 2.99. The fourth-order valence-corrected chi connectivity index (χ4v) is 4.75. The van der Waals surface area contributed by atoms with Crippen LogP contribution in [-0.2, 0) is 0 Å². The van der Waals surface area contributed by atoms with Crippen LogP contribution in [0.3, 0.4) is 0 Å². The van der Waals surface area contributed by atoms with Crippen LogP contribution >= 0.6 is 11.6 Å². The molecule has 4 rings (SSSR count). The Morgan fingerprint density at radius 2 is 1.81 bits per heavy atom. The Bertz CT molecular complexity index is 958. The molecule has 1 atom stereocenters. The normalized spacial score (nSPS) is 19.4. The molecule has 0 bridgehead atoms. The molecule has 3 nitrogen and oxygen atoms in total. The van der Waals surface area contributed by atoms with E-state index in [1.54, 1.807) is 0 Å². The van der Waals surface area contributed by atoms with Gasteiger partial charge in [-0.05, 0) is 43.2 Å². The topological polar surface area (TPSA) is 27.6 Å². The third-order valence-electron chi connectivity index (χ3n) is 5.81. The smallest absolute Gasteiger partial charge is 0.0575 e. The zero-order valence-electron chi connectivity index (χ0n) is 16.4. The van der Waals surface area contributed by atoms with Gasteiger partial charge in [0, 0.05) is 42.9 Å². The van der Waals surface area contributed by atoms with E-state index >= 15 is 0 Å². The quantitative estimate of drug-likeness (QED) is 0.771. The zero-order valence-corrected chi connectivity index (χ0v) is 17.2. The van der Waals surface area contributed by atoms with Crippen molar-refractivity contribution >= 4 is 23.0 Å². The Kier molecular flexibility index (Phi) is 4.83. The van der Waals surface area contributed by atoms with Crippen molar-refractivity contribution in [1.29, 1.82) is 0 Å². The maximum absolute atomic E-state index is 6.97. The number of nitrogens with one attached hydrogen (secondary N) is 1. The van der Waals surface area contributed by atoms with Gasteiger partial charge in [0.25, 0.3) is 0 Å².